The van der Waals surface area contributed by atoms with Crippen molar-refractivity contribution in [3.05, 3.63) is 30.2 Å². The lowest BCUT2D eigenvalue weighted by Crippen LogP contribution is -2.50. The van der Waals surface area contributed by atoms with Crippen molar-refractivity contribution in [3.8, 4) is 0 Å². The van der Waals surface area contributed by atoms with Gasteiger partial charge in [-0.1, -0.05) is 51.2 Å². The van der Waals surface area contributed by atoms with Gasteiger partial charge in [0.1, 0.15) is 17.9 Å². The quantitative estimate of drug-likeness (QED) is 0.363. The smallest absolute Gasteiger partial charge is 0.251 e. The van der Waals surface area contributed by atoms with E-state index >= 15 is 0 Å². The molecule has 1 saturated carbocycles. The third-order valence-corrected chi connectivity index (χ3v) is 6.33. The second-order valence-corrected chi connectivity index (χ2v) is 10.1. The van der Waals surface area contributed by atoms with Crippen LogP contribution in [0.1, 0.15) is 63.9 Å². The van der Waals surface area contributed by atoms with Crippen LogP contribution in [-0.4, -0.2) is 49.1 Å². The minimum atomic E-state index is -3.55. The number of fused-ring (bicyclic) bond motifs is 1. The monoisotopic (exact) mass is 464 g/mol. The Morgan fingerprint density at radius 3 is 2.69 bits per heavy atom. The molecule has 1 heterocycles. The van der Waals surface area contributed by atoms with Gasteiger partial charge in [0, 0.05) is 0 Å². The Hall–Kier alpha value is -2.46. The van der Waals surface area contributed by atoms with Gasteiger partial charge in [0.2, 0.25) is 11.8 Å². The van der Waals surface area contributed by atoms with Gasteiger partial charge in [-0.2, -0.15) is 4.40 Å². The molecule has 0 saturated heterocycles. The first-order valence-electron chi connectivity index (χ1n) is 11.1. The van der Waals surface area contributed by atoms with Gasteiger partial charge in [0.05, 0.1) is 12.3 Å². The molecule has 2 aromatic rings. The van der Waals surface area contributed by atoms with Crippen LogP contribution in [0.3, 0.4) is 0 Å². The summed E-state index contributed by atoms with van der Waals surface area (Å²) in [5.41, 5.74) is 1.20. The molecule has 0 radical (unpaired) electrons. The maximum absolute atomic E-state index is 13.1. The fourth-order valence-corrected chi connectivity index (χ4v) is 4.35. The third-order valence-electron chi connectivity index (χ3n) is 5.84. The molecular formula is C22H32N4O5S. The van der Waals surface area contributed by atoms with E-state index in [1.54, 1.807) is 12.1 Å². The van der Waals surface area contributed by atoms with Gasteiger partial charge in [-0.15, -0.1) is 0 Å². The zero-order chi connectivity index (χ0) is 23.1. The Morgan fingerprint density at radius 1 is 1.31 bits per heavy atom. The van der Waals surface area contributed by atoms with E-state index in [4.69, 9.17) is 4.42 Å². The fourth-order valence-electron chi connectivity index (χ4n) is 4.10. The summed E-state index contributed by atoms with van der Waals surface area (Å²) in [5, 5.41) is 16.6. The number of nitrogens with one attached hydrogen (secondary N) is 2. The van der Waals surface area contributed by atoms with Crippen LogP contribution in [-0.2, 0) is 14.8 Å². The molecule has 0 bridgehead atoms. The predicted octanol–water partition coefficient (Wildman–Crippen LogP) is 2.67. The van der Waals surface area contributed by atoms with Gasteiger partial charge in [-0.05, 0) is 30.9 Å². The van der Waals surface area contributed by atoms with Crippen molar-refractivity contribution in [2.45, 2.75) is 70.1 Å². The molecule has 1 aliphatic rings. The van der Waals surface area contributed by atoms with Crippen molar-refractivity contribution in [2.24, 2.45) is 10.3 Å². The van der Waals surface area contributed by atoms with Crippen molar-refractivity contribution < 1.29 is 22.7 Å². The Balaban J connectivity index is 1.71. The van der Waals surface area contributed by atoms with Crippen molar-refractivity contribution in [3.63, 3.8) is 0 Å². The van der Waals surface area contributed by atoms with Gasteiger partial charge < -0.3 is 20.2 Å². The number of sulfonamides is 1. The third kappa shape index (κ3) is 6.77. The molecule has 1 fully saturated rings. The average molecular weight is 465 g/mol. The second-order valence-electron chi connectivity index (χ2n) is 8.41. The molecule has 0 spiro atoms. The highest BCUT2D eigenvalue weighted by Gasteiger charge is 2.30. The normalized spacial score (nSPS) is 18.5. The van der Waals surface area contributed by atoms with Crippen molar-refractivity contribution >= 4 is 33.4 Å². The number of aromatic nitrogens is 1. The van der Waals surface area contributed by atoms with Gasteiger partial charge in [-0.3, -0.25) is 4.79 Å². The van der Waals surface area contributed by atoms with Gasteiger partial charge in [0.15, 0.2) is 11.7 Å². The molecule has 1 aliphatic carbocycles. The molecule has 2 unspecified atom stereocenters. The highest BCUT2D eigenvalue weighted by atomic mass is 32.2. The van der Waals surface area contributed by atoms with Gasteiger partial charge in [0.25, 0.3) is 10.0 Å². The molecule has 3 N–H and O–H groups in total. The van der Waals surface area contributed by atoms with Crippen LogP contribution in [0.15, 0.2) is 33.1 Å². The zero-order valence-corrected chi connectivity index (χ0v) is 19.3. The first-order chi connectivity index (χ1) is 15.3. The summed E-state index contributed by atoms with van der Waals surface area (Å²) in [6, 6.07) is 5.94. The molecule has 3 atom stereocenters. The number of nitrogens with zero attached hydrogens (tertiary/aromatic N) is 2. The highest BCUT2D eigenvalue weighted by molar-refractivity contribution is 7.89. The molecule has 0 aliphatic heterocycles. The van der Waals surface area contributed by atoms with E-state index in [0.717, 1.165) is 38.3 Å². The van der Waals surface area contributed by atoms with Crippen LogP contribution in [0, 0.1) is 5.92 Å². The topological polar surface area (TPSA) is 134 Å². The molecule has 9 nitrogen and oxygen atoms in total. The summed E-state index contributed by atoms with van der Waals surface area (Å²) >= 11 is 0. The molecule has 3 rings (SSSR count). The maximum Gasteiger partial charge on any atom is 0.251 e. The highest BCUT2D eigenvalue weighted by Crippen LogP contribution is 2.28. The molecule has 176 valence electrons. The molecular weight excluding hydrogens is 432 g/mol. The Bertz CT molecular complexity index is 997. The van der Waals surface area contributed by atoms with Crippen LogP contribution in [0.25, 0.3) is 11.1 Å². The fraction of sp³-hybridized carbons (Fsp3) is 0.591. The summed E-state index contributed by atoms with van der Waals surface area (Å²) < 4.78 is 31.8. The van der Waals surface area contributed by atoms with E-state index < -0.39 is 28.2 Å². The van der Waals surface area contributed by atoms with E-state index in [9.17, 15) is 18.3 Å². The Morgan fingerprint density at radius 2 is 2.03 bits per heavy atom. The number of para-hydroxylation sites is 2. The van der Waals surface area contributed by atoms with Crippen LogP contribution >= 0.6 is 0 Å². The number of oxazole rings is 1. The summed E-state index contributed by atoms with van der Waals surface area (Å²) in [4.78, 5) is 17.4. The second kappa shape index (κ2) is 10.9. The maximum atomic E-state index is 13.1. The van der Waals surface area contributed by atoms with Gasteiger partial charge >= 0.3 is 0 Å². The first kappa shape index (κ1) is 24.2. The number of benzene rings is 1. The van der Waals surface area contributed by atoms with E-state index in [0.29, 0.717) is 29.9 Å². The van der Waals surface area contributed by atoms with E-state index in [1.165, 1.54) is 6.42 Å². The van der Waals surface area contributed by atoms with Crippen LogP contribution in [0.4, 0.5) is 0 Å². The Kier molecular flexibility index (Phi) is 8.25. The van der Waals surface area contributed by atoms with E-state index in [2.05, 4.69) is 20.0 Å². The molecule has 32 heavy (non-hydrogen) atoms. The number of aliphatic hydroxyl groups is 1. The number of carbonyl (C=O) groups is 1. The van der Waals surface area contributed by atoms with Crippen molar-refractivity contribution in [1.82, 2.24) is 15.6 Å². The predicted molar refractivity (Wildman–Crippen MR) is 123 cm³/mol. The number of aliphatic hydroxyl groups excluding tert-OH is 1. The summed E-state index contributed by atoms with van der Waals surface area (Å²) in [6.45, 7) is 1.85. The SMILES string of the molecule is CCC(NC(=O)C(CC1CCCCC1)N/C=N/S(C)(=O)=O)[C@H](O)c1nc2ccccc2o1. The molecule has 1 aromatic heterocycles. The first-order valence-corrected chi connectivity index (χ1v) is 13.0. The number of carbonyl (C=O) groups excluding carboxylic acids is 1. The average Bonchev–Trinajstić information content (AvgIpc) is 3.20. The number of hydrogen-bond donors (Lipinski definition) is 3. The lowest BCUT2D eigenvalue weighted by atomic mass is 9.84. The summed E-state index contributed by atoms with van der Waals surface area (Å²) in [7, 11) is -3.55. The standard InChI is InChI=1S/C22H32N4O5S/c1-3-16(20(27)22-26-17-11-7-8-12-19(17)31-22)25-21(28)18(23-14-24-32(2,29)30)13-15-9-5-4-6-10-15/h7-8,11-12,14-16,18,20,27H,3-6,9-10,13H2,1-2H3,(H,23,24)(H,25,28)/t16?,18?,20-/m0/s1. The van der Waals surface area contributed by atoms with Crippen LogP contribution in [0.5, 0.6) is 0 Å². The lowest BCUT2D eigenvalue weighted by molar-refractivity contribution is -0.125. The largest absolute Gasteiger partial charge is 0.438 e. The van der Waals surface area contributed by atoms with Crippen LogP contribution in [0.2, 0.25) is 0 Å². The van der Waals surface area contributed by atoms with E-state index in [-0.39, 0.29) is 11.8 Å². The summed E-state index contributed by atoms with van der Waals surface area (Å²) in [5.74, 6) is 0.201. The van der Waals surface area contributed by atoms with E-state index in [1.807, 2.05) is 19.1 Å². The minimum absolute atomic E-state index is 0.147. The molecule has 1 aromatic carbocycles. The summed E-state index contributed by atoms with van der Waals surface area (Å²) in [6.07, 6.45) is 7.51. The molecule has 10 heteroatoms. The zero-order valence-electron chi connectivity index (χ0n) is 18.5. The van der Waals surface area contributed by atoms with Crippen LogP contribution < -0.4 is 10.6 Å². The number of hydrogen-bond acceptors (Lipinski definition) is 6. The van der Waals surface area contributed by atoms with Crippen molar-refractivity contribution in [1.29, 1.82) is 0 Å². The minimum Gasteiger partial charge on any atom is -0.438 e. The number of amides is 1. The molecule has 1 amide bonds. The Labute approximate surface area is 188 Å². The van der Waals surface area contributed by atoms with Crippen molar-refractivity contribution in [2.75, 3.05) is 6.26 Å². The number of rotatable bonds is 10. The van der Waals surface area contributed by atoms with Gasteiger partial charge in [-0.25, -0.2) is 13.4 Å². The lowest BCUT2D eigenvalue weighted by Gasteiger charge is -2.28.